The van der Waals surface area contributed by atoms with Crippen LogP contribution in [-0.4, -0.2) is 33.9 Å². The summed E-state index contributed by atoms with van der Waals surface area (Å²) in [6.07, 6.45) is 2.06. The van der Waals surface area contributed by atoms with Gasteiger partial charge in [0.25, 0.3) is 0 Å². The van der Waals surface area contributed by atoms with Gasteiger partial charge in [-0.25, -0.2) is 4.79 Å². The lowest BCUT2D eigenvalue weighted by Gasteiger charge is -2.06. The summed E-state index contributed by atoms with van der Waals surface area (Å²) in [5, 5.41) is 17.5. The molecule has 1 heterocycles. The predicted octanol–water partition coefficient (Wildman–Crippen LogP) is 0.405. The normalized spacial score (nSPS) is 10.8. The summed E-state index contributed by atoms with van der Waals surface area (Å²) in [6.45, 7) is -2.18. The number of hydrogen-bond acceptors (Lipinski definition) is 5. The van der Waals surface area contributed by atoms with Gasteiger partial charge in [-0.1, -0.05) is 6.07 Å². The second-order valence-electron chi connectivity index (χ2n) is 3.32. The summed E-state index contributed by atoms with van der Waals surface area (Å²) in [4.78, 5) is 25.2. The number of benzene rings is 1. The molecule has 2 aromatic rings. The van der Waals surface area contributed by atoms with E-state index in [-0.39, 0.29) is 5.56 Å². The van der Waals surface area contributed by atoms with Crippen molar-refractivity contribution in [3.8, 4) is 0 Å². The molecule has 0 atom stereocenters. The van der Waals surface area contributed by atoms with Crippen LogP contribution in [0, 0.1) is 0 Å². The van der Waals surface area contributed by atoms with Crippen molar-refractivity contribution in [2.24, 2.45) is 0 Å². The van der Waals surface area contributed by atoms with Crippen LogP contribution in [0.5, 0.6) is 0 Å². The molecule has 1 aromatic heterocycles. The highest BCUT2D eigenvalue weighted by Crippen LogP contribution is 2.22. The third-order valence-corrected chi connectivity index (χ3v) is 2.30. The van der Waals surface area contributed by atoms with Crippen LogP contribution >= 0.6 is 0 Å². The number of fused-ring (bicyclic) bond motifs is 1. The second-order valence-corrected chi connectivity index (χ2v) is 3.32. The monoisotopic (exact) mass is 235 g/mol. The van der Waals surface area contributed by atoms with Crippen LogP contribution in [0.25, 0.3) is 10.9 Å². The minimum Gasteiger partial charge on any atom is -0.407 e. The molecule has 6 heteroatoms. The number of aliphatic hydroxyl groups is 2. The summed E-state index contributed by atoms with van der Waals surface area (Å²) >= 11 is 0. The molecule has 0 unspecified atom stereocenters. The maximum Gasteiger partial charge on any atom is 0.342 e. The molecule has 0 amide bonds. The average molecular weight is 235 g/mol. The van der Waals surface area contributed by atoms with Crippen LogP contribution in [0.15, 0.2) is 24.4 Å². The molecule has 0 fully saturated rings. The van der Waals surface area contributed by atoms with E-state index in [1.165, 1.54) is 12.3 Å². The zero-order valence-electron chi connectivity index (χ0n) is 8.58. The van der Waals surface area contributed by atoms with Crippen molar-refractivity contribution in [1.29, 1.82) is 0 Å². The van der Waals surface area contributed by atoms with Crippen molar-refractivity contribution in [1.82, 2.24) is 4.98 Å². The Morgan fingerprint density at radius 2 is 2.18 bits per heavy atom. The van der Waals surface area contributed by atoms with E-state index < -0.39 is 12.4 Å². The first-order valence-electron chi connectivity index (χ1n) is 4.76. The van der Waals surface area contributed by atoms with Crippen LogP contribution in [-0.2, 0) is 4.74 Å². The number of carbonyl (C=O) groups excluding carboxylic acids is 2. The zero-order valence-corrected chi connectivity index (χ0v) is 8.58. The van der Waals surface area contributed by atoms with E-state index in [0.717, 1.165) is 0 Å². The third-order valence-electron chi connectivity index (χ3n) is 2.30. The van der Waals surface area contributed by atoms with E-state index in [1.54, 1.807) is 12.1 Å². The fourth-order valence-electron chi connectivity index (χ4n) is 1.63. The van der Waals surface area contributed by atoms with Gasteiger partial charge in [0.05, 0.1) is 5.56 Å². The van der Waals surface area contributed by atoms with Gasteiger partial charge in [0.2, 0.25) is 0 Å². The Morgan fingerprint density at radius 3 is 2.82 bits per heavy atom. The largest absolute Gasteiger partial charge is 0.407 e. The highest BCUT2D eigenvalue weighted by atomic mass is 16.7. The Balaban J connectivity index is 2.56. The number of carbonyl (C=O) groups is 2. The molecule has 0 saturated heterocycles. The molecule has 0 bridgehead atoms. The van der Waals surface area contributed by atoms with Crippen molar-refractivity contribution in [2.75, 3.05) is 0 Å². The minimum absolute atomic E-state index is 0.0963. The van der Waals surface area contributed by atoms with Gasteiger partial charge in [-0.05, 0) is 12.1 Å². The Bertz CT molecular complexity index is 572. The summed E-state index contributed by atoms with van der Waals surface area (Å²) in [6, 6.07) is 4.72. The van der Waals surface area contributed by atoms with Gasteiger partial charge in [0, 0.05) is 22.7 Å². The molecule has 0 spiro atoms. The Kier molecular flexibility index (Phi) is 2.90. The fourth-order valence-corrected chi connectivity index (χ4v) is 1.63. The molecule has 0 aliphatic carbocycles. The van der Waals surface area contributed by atoms with Crippen LogP contribution in [0.1, 0.15) is 20.7 Å². The Hall–Kier alpha value is -2.18. The lowest BCUT2D eigenvalue weighted by molar-refractivity contribution is -0.200. The van der Waals surface area contributed by atoms with E-state index in [1.807, 2.05) is 0 Å². The third kappa shape index (κ3) is 2.03. The number of aromatic amines is 1. The topological polar surface area (TPSA) is 99.6 Å². The lowest BCUT2D eigenvalue weighted by Crippen LogP contribution is -2.16. The molecular weight excluding hydrogens is 226 g/mol. The summed E-state index contributed by atoms with van der Waals surface area (Å²) in [5.74, 6) is -0.909. The van der Waals surface area contributed by atoms with Crippen LogP contribution in [0.4, 0.5) is 0 Å². The number of ether oxygens (including phenoxy) is 1. The quantitative estimate of drug-likeness (QED) is 0.406. The van der Waals surface area contributed by atoms with Crippen molar-refractivity contribution >= 4 is 23.2 Å². The van der Waals surface area contributed by atoms with Crippen molar-refractivity contribution in [3.63, 3.8) is 0 Å². The molecule has 17 heavy (non-hydrogen) atoms. The standard InChI is InChI=1S/C11H9NO5/c13-5-6-4-12-8-3-1-2-7(9(6)8)10(14)17-11(15)16/h1-5,11-12,15-16H. The van der Waals surface area contributed by atoms with Gasteiger partial charge in [-0.2, -0.15) is 0 Å². The van der Waals surface area contributed by atoms with Gasteiger partial charge >= 0.3 is 12.4 Å². The van der Waals surface area contributed by atoms with E-state index in [4.69, 9.17) is 10.2 Å². The van der Waals surface area contributed by atoms with Crippen molar-refractivity contribution < 1.29 is 24.5 Å². The summed E-state index contributed by atoms with van der Waals surface area (Å²) in [7, 11) is 0. The molecule has 0 aliphatic heterocycles. The molecule has 2 rings (SSSR count). The highest BCUT2D eigenvalue weighted by molar-refractivity contribution is 6.10. The molecule has 0 saturated carbocycles. The first-order chi connectivity index (χ1) is 8.13. The number of esters is 1. The lowest BCUT2D eigenvalue weighted by atomic mass is 10.1. The summed E-state index contributed by atoms with van der Waals surface area (Å²) in [5.41, 5.74) is 0.993. The molecule has 0 aliphatic rings. The molecule has 0 radical (unpaired) electrons. The summed E-state index contributed by atoms with van der Waals surface area (Å²) < 4.78 is 4.26. The number of nitrogens with one attached hydrogen (secondary N) is 1. The first kappa shape index (κ1) is 11.3. The number of aldehydes is 1. The minimum atomic E-state index is -2.18. The average Bonchev–Trinajstić information content (AvgIpc) is 2.70. The van der Waals surface area contributed by atoms with E-state index >= 15 is 0 Å². The van der Waals surface area contributed by atoms with Gasteiger partial charge in [0.1, 0.15) is 0 Å². The van der Waals surface area contributed by atoms with Gasteiger partial charge in [0.15, 0.2) is 6.29 Å². The van der Waals surface area contributed by atoms with Crippen LogP contribution < -0.4 is 0 Å². The second kappa shape index (κ2) is 4.36. The maximum absolute atomic E-state index is 11.6. The number of aromatic nitrogens is 1. The number of aliphatic hydroxyl groups excluding tert-OH is 1. The fraction of sp³-hybridized carbons (Fsp3) is 0.0909. The molecule has 88 valence electrons. The predicted molar refractivity (Wildman–Crippen MR) is 57.3 cm³/mol. The molecule has 1 aromatic carbocycles. The Labute approximate surface area is 95.4 Å². The Morgan fingerprint density at radius 1 is 1.41 bits per heavy atom. The van der Waals surface area contributed by atoms with Gasteiger partial charge in [-0.3, -0.25) is 4.79 Å². The van der Waals surface area contributed by atoms with Crippen molar-refractivity contribution in [2.45, 2.75) is 6.48 Å². The number of rotatable bonds is 3. The molecule has 3 N–H and O–H groups in total. The van der Waals surface area contributed by atoms with E-state index in [2.05, 4.69) is 9.72 Å². The SMILES string of the molecule is O=Cc1c[nH]c2cccc(C(=O)OC(O)O)c12. The van der Waals surface area contributed by atoms with E-state index in [0.29, 0.717) is 22.8 Å². The number of hydrogen-bond donors (Lipinski definition) is 3. The van der Waals surface area contributed by atoms with Gasteiger partial charge in [-0.15, -0.1) is 0 Å². The smallest absolute Gasteiger partial charge is 0.342 e. The number of H-pyrrole nitrogens is 1. The zero-order chi connectivity index (χ0) is 12.4. The maximum atomic E-state index is 11.6. The van der Waals surface area contributed by atoms with Crippen LogP contribution in [0.3, 0.4) is 0 Å². The molecule has 6 nitrogen and oxygen atoms in total. The van der Waals surface area contributed by atoms with Gasteiger partial charge < -0.3 is 19.9 Å². The van der Waals surface area contributed by atoms with E-state index in [9.17, 15) is 9.59 Å². The first-order valence-corrected chi connectivity index (χ1v) is 4.76. The van der Waals surface area contributed by atoms with Crippen molar-refractivity contribution in [3.05, 3.63) is 35.5 Å². The molecular formula is C11H9NO5. The highest BCUT2D eigenvalue weighted by Gasteiger charge is 2.17. The van der Waals surface area contributed by atoms with Crippen LogP contribution in [0.2, 0.25) is 0 Å².